The lowest BCUT2D eigenvalue weighted by atomic mass is 10.1. The second-order valence-corrected chi connectivity index (χ2v) is 4.93. The van der Waals surface area contributed by atoms with Crippen LogP contribution in [0.15, 0.2) is 66.3 Å². The molecule has 0 saturated heterocycles. The van der Waals surface area contributed by atoms with E-state index in [0.717, 1.165) is 11.3 Å². The molecule has 0 aliphatic carbocycles. The summed E-state index contributed by atoms with van der Waals surface area (Å²) in [5.74, 6) is 0.836. The molecule has 0 saturated carbocycles. The van der Waals surface area contributed by atoms with Gasteiger partial charge in [-0.15, -0.1) is 10.2 Å². The lowest BCUT2D eigenvalue weighted by Crippen LogP contribution is -1.96. The maximum absolute atomic E-state index is 5.78. The Morgan fingerprint density at radius 1 is 1.09 bits per heavy atom. The summed E-state index contributed by atoms with van der Waals surface area (Å²) in [6.45, 7) is 2.64. The van der Waals surface area contributed by atoms with Crippen molar-refractivity contribution in [3.8, 4) is 5.75 Å². The molecule has 22 heavy (non-hydrogen) atoms. The second-order valence-electron chi connectivity index (χ2n) is 4.93. The van der Waals surface area contributed by atoms with Gasteiger partial charge in [-0.25, -0.2) is 4.68 Å². The van der Waals surface area contributed by atoms with Crippen molar-refractivity contribution in [3.63, 3.8) is 0 Å². The third kappa shape index (κ3) is 3.79. The number of ether oxygens (including phenoxy) is 1. The summed E-state index contributed by atoms with van der Waals surface area (Å²) >= 11 is 0. The molecule has 0 aliphatic heterocycles. The summed E-state index contributed by atoms with van der Waals surface area (Å²) in [5.41, 5.74) is 3.39. The molecule has 3 rings (SSSR count). The molecule has 0 N–H and O–H groups in total. The van der Waals surface area contributed by atoms with E-state index >= 15 is 0 Å². The van der Waals surface area contributed by atoms with Gasteiger partial charge < -0.3 is 4.74 Å². The summed E-state index contributed by atoms with van der Waals surface area (Å²) in [7, 11) is 0. The Balaban J connectivity index is 1.59. The minimum Gasteiger partial charge on any atom is -0.489 e. The van der Waals surface area contributed by atoms with Gasteiger partial charge in [-0.3, -0.25) is 0 Å². The number of nitrogens with zero attached hydrogens (tertiary/aromatic N) is 4. The van der Waals surface area contributed by atoms with Crippen LogP contribution in [0, 0.1) is 6.92 Å². The lowest BCUT2D eigenvalue weighted by Gasteiger charge is -2.07. The summed E-state index contributed by atoms with van der Waals surface area (Å²) in [6.07, 6.45) is 4.82. The van der Waals surface area contributed by atoms with Gasteiger partial charge in [-0.2, -0.15) is 5.10 Å². The monoisotopic (exact) mass is 292 g/mol. The van der Waals surface area contributed by atoms with Crippen LogP contribution in [-0.4, -0.2) is 21.1 Å². The maximum atomic E-state index is 5.78. The molecule has 0 unspecified atom stereocenters. The van der Waals surface area contributed by atoms with Crippen LogP contribution in [0.1, 0.15) is 16.7 Å². The van der Waals surface area contributed by atoms with Crippen LogP contribution >= 0.6 is 0 Å². The molecule has 0 bridgehead atoms. The van der Waals surface area contributed by atoms with Crippen LogP contribution < -0.4 is 4.74 Å². The van der Waals surface area contributed by atoms with Gasteiger partial charge >= 0.3 is 0 Å². The topological polar surface area (TPSA) is 52.3 Å². The smallest absolute Gasteiger partial charge is 0.141 e. The fourth-order valence-corrected chi connectivity index (χ4v) is 2.01. The van der Waals surface area contributed by atoms with Gasteiger partial charge in [0.05, 0.1) is 6.21 Å². The molecule has 2 aromatic carbocycles. The van der Waals surface area contributed by atoms with Crippen molar-refractivity contribution in [2.45, 2.75) is 13.5 Å². The Labute approximate surface area is 128 Å². The molecule has 110 valence electrons. The van der Waals surface area contributed by atoms with E-state index in [1.165, 1.54) is 23.8 Å². The van der Waals surface area contributed by atoms with Gasteiger partial charge in [0.1, 0.15) is 25.0 Å². The quantitative estimate of drug-likeness (QED) is 0.679. The highest BCUT2D eigenvalue weighted by molar-refractivity contribution is 5.79. The molecule has 1 heterocycles. The van der Waals surface area contributed by atoms with E-state index in [2.05, 4.69) is 40.4 Å². The first-order valence-electron chi connectivity index (χ1n) is 6.97. The molecule has 0 amide bonds. The molecule has 1 aromatic heterocycles. The highest BCUT2D eigenvalue weighted by atomic mass is 16.5. The SMILES string of the molecule is Cc1cccc(COc2ccc(/C=N/n3cnnc3)cc2)c1. The van der Waals surface area contributed by atoms with Crippen molar-refractivity contribution in [1.82, 2.24) is 14.9 Å². The van der Waals surface area contributed by atoms with Gasteiger partial charge in [0.2, 0.25) is 0 Å². The van der Waals surface area contributed by atoms with Crippen molar-refractivity contribution < 1.29 is 4.74 Å². The van der Waals surface area contributed by atoms with Gasteiger partial charge in [-0.05, 0) is 42.3 Å². The van der Waals surface area contributed by atoms with Gasteiger partial charge in [0, 0.05) is 0 Å². The zero-order chi connectivity index (χ0) is 15.2. The van der Waals surface area contributed by atoms with Crippen LogP contribution in [0.3, 0.4) is 0 Å². The van der Waals surface area contributed by atoms with Gasteiger partial charge in [-0.1, -0.05) is 29.8 Å². The lowest BCUT2D eigenvalue weighted by molar-refractivity contribution is 0.306. The van der Waals surface area contributed by atoms with Crippen molar-refractivity contribution in [1.29, 1.82) is 0 Å². The summed E-state index contributed by atoms with van der Waals surface area (Å²) in [5, 5.41) is 11.6. The number of aryl methyl sites for hydroxylation is 1. The zero-order valence-electron chi connectivity index (χ0n) is 12.3. The molecule has 0 aliphatic rings. The predicted molar refractivity (Wildman–Crippen MR) is 85.0 cm³/mol. The molecule has 5 nitrogen and oxygen atoms in total. The van der Waals surface area contributed by atoms with E-state index in [4.69, 9.17) is 4.74 Å². The largest absolute Gasteiger partial charge is 0.489 e. The minimum atomic E-state index is 0.565. The molecule has 0 fully saturated rings. The van der Waals surface area contributed by atoms with Crippen molar-refractivity contribution in [2.24, 2.45) is 5.10 Å². The first-order chi connectivity index (χ1) is 10.8. The molecule has 0 radical (unpaired) electrons. The van der Waals surface area contributed by atoms with E-state index in [0.29, 0.717) is 6.61 Å². The van der Waals surface area contributed by atoms with Crippen molar-refractivity contribution in [2.75, 3.05) is 0 Å². The molecular weight excluding hydrogens is 276 g/mol. The Morgan fingerprint density at radius 3 is 2.59 bits per heavy atom. The Kier molecular flexibility index (Phi) is 4.25. The second kappa shape index (κ2) is 6.67. The molecule has 0 atom stereocenters. The van der Waals surface area contributed by atoms with Crippen molar-refractivity contribution >= 4 is 6.21 Å². The normalized spacial score (nSPS) is 11.0. The van der Waals surface area contributed by atoms with Gasteiger partial charge in [0.25, 0.3) is 0 Å². The molecular formula is C17H16N4O. The van der Waals surface area contributed by atoms with E-state index < -0.39 is 0 Å². The standard InChI is InChI=1S/C17H16N4O/c1-14-3-2-4-16(9-14)11-22-17-7-5-15(6-8-17)10-20-21-12-18-19-13-21/h2-10,12-13H,11H2,1H3/b20-10+. The van der Waals surface area contributed by atoms with E-state index in [9.17, 15) is 0 Å². The van der Waals surface area contributed by atoms with Crippen LogP contribution in [0.5, 0.6) is 5.75 Å². The number of rotatable bonds is 5. The minimum absolute atomic E-state index is 0.565. The van der Waals surface area contributed by atoms with E-state index in [-0.39, 0.29) is 0 Å². The predicted octanol–water partition coefficient (Wildman–Crippen LogP) is 3.05. The van der Waals surface area contributed by atoms with Crippen LogP contribution in [-0.2, 0) is 6.61 Å². The first-order valence-corrected chi connectivity index (χ1v) is 6.97. The summed E-state index contributed by atoms with van der Waals surface area (Å²) < 4.78 is 7.33. The van der Waals surface area contributed by atoms with E-state index in [1.807, 2.05) is 30.3 Å². The molecule has 0 spiro atoms. The highest BCUT2D eigenvalue weighted by Crippen LogP contribution is 2.14. The third-order valence-electron chi connectivity index (χ3n) is 3.11. The average molecular weight is 292 g/mol. The Bertz CT molecular complexity index is 749. The summed E-state index contributed by atoms with van der Waals surface area (Å²) in [6, 6.07) is 16.1. The first kappa shape index (κ1) is 14.0. The van der Waals surface area contributed by atoms with Crippen molar-refractivity contribution in [3.05, 3.63) is 77.9 Å². The van der Waals surface area contributed by atoms with Crippen LogP contribution in [0.4, 0.5) is 0 Å². The maximum Gasteiger partial charge on any atom is 0.141 e. The summed E-state index contributed by atoms with van der Waals surface area (Å²) in [4.78, 5) is 0. The number of benzene rings is 2. The molecule has 3 aromatic rings. The fourth-order valence-electron chi connectivity index (χ4n) is 2.01. The Morgan fingerprint density at radius 2 is 1.86 bits per heavy atom. The fraction of sp³-hybridized carbons (Fsp3) is 0.118. The number of hydrogen-bond acceptors (Lipinski definition) is 4. The van der Waals surface area contributed by atoms with E-state index in [1.54, 1.807) is 10.9 Å². The zero-order valence-corrected chi connectivity index (χ0v) is 12.3. The van der Waals surface area contributed by atoms with Crippen LogP contribution in [0.25, 0.3) is 0 Å². The van der Waals surface area contributed by atoms with Crippen LogP contribution in [0.2, 0.25) is 0 Å². The average Bonchev–Trinajstić information content (AvgIpc) is 3.05. The third-order valence-corrected chi connectivity index (χ3v) is 3.11. The number of aromatic nitrogens is 3. The van der Waals surface area contributed by atoms with Gasteiger partial charge in [0.15, 0.2) is 0 Å². The Hall–Kier alpha value is -2.95. The highest BCUT2D eigenvalue weighted by Gasteiger charge is 1.97. The molecule has 5 heteroatoms. The number of hydrogen-bond donors (Lipinski definition) is 0.